The molecule has 4 heterocycles. The van der Waals surface area contributed by atoms with Gasteiger partial charge < -0.3 is 19.7 Å². The Bertz CT molecular complexity index is 2510. The van der Waals surface area contributed by atoms with Crippen molar-refractivity contribution in [2.45, 2.75) is 39.0 Å². The van der Waals surface area contributed by atoms with Gasteiger partial charge in [0.1, 0.15) is 34.5 Å². The largest absolute Gasteiger partial charge is 0.497 e. The summed E-state index contributed by atoms with van der Waals surface area (Å²) in [5.41, 5.74) is 1.94. The molecule has 0 unspecified atom stereocenters. The van der Waals surface area contributed by atoms with Gasteiger partial charge in [0.2, 0.25) is 0 Å². The Morgan fingerprint density at radius 1 is 0.902 bits per heavy atom. The molecule has 1 atom stereocenters. The van der Waals surface area contributed by atoms with Crippen molar-refractivity contribution in [3.63, 3.8) is 0 Å². The van der Waals surface area contributed by atoms with E-state index in [1.54, 1.807) is 50.2 Å². The van der Waals surface area contributed by atoms with Crippen LogP contribution < -0.4 is 21.0 Å². The van der Waals surface area contributed by atoms with E-state index in [1.807, 2.05) is 78.2 Å². The van der Waals surface area contributed by atoms with Crippen LogP contribution in [0.5, 0.6) is 5.75 Å². The Hall–Kier alpha value is -5.91. The molecule has 0 fully saturated rings. The number of benzene rings is 3. The predicted octanol–water partition coefficient (Wildman–Crippen LogP) is 6.66. The highest BCUT2D eigenvalue weighted by Gasteiger charge is 2.25. The van der Waals surface area contributed by atoms with Crippen molar-refractivity contribution in [3.8, 4) is 22.6 Å². The summed E-state index contributed by atoms with van der Waals surface area (Å²) in [5, 5.41) is 15.4. The second kappa shape index (κ2) is 13.4. The minimum atomic E-state index is -1.22. The van der Waals surface area contributed by atoms with Crippen LogP contribution in [0.1, 0.15) is 43.9 Å². The maximum Gasteiger partial charge on any atom is 0.263 e. The molecule has 11 nitrogen and oxygen atoms in total. The molecular formula is C39H34ClN7O4. The van der Waals surface area contributed by atoms with E-state index < -0.39 is 11.6 Å². The van der Waals surface area contributed by atoms with Gasteiger partial charge >= 0.3 is 0 Å². The first-order chi connectivity index (χ1) is 24.5. The van der Waals surface area contributed by atoms with Crippen LogP contribution in [0.3, 0.4) is 0 Å². The quantitative estimate of drug-likeness (QED) is 0.169. The fourth-order valence-corrected chi connectivity index (χ4v) is 6.64. The second-order valence-electron chi connectivity index (χ2n) is 12.7. The zero-order valence-corrected chi connectivity index (χ0v) is 29.1. The van der Waals surface area contributed by atoms with Crippen molar-refractivity contribution in [2.24, 2.45) is 0 Å². The monoisotopic (exact) mass is 699 g/mol. The summed E-state index contributed by atoms with van der Waals surface area (Å²) in [4.78, 5) is 45.8. The summed E-state index contributed by atoms with van der Waals surface area (Å²) in [6, 6.07) is 23.2. The molecule has 0 amide bonds. The normalized spacial score (nSPS) is 12.3. The number of aromatic nitrogens is 6. The Kier molecular flexibility index (Phi) is 8.84. The summed E-state index contributed by atoms with van der Waals surface area (Å²) < 4.78 is 8.76. The zero-order chi connectivity index (χ0) is 35.9. The second-order valence-corrected chi connectivity index (χ2v) is 13.1. The Morgan fingerprint density at radius 2 is 1.63 bits per heavy atom. The lowest BCUT2D eigenvalue weighted by atomic mass is 9.99. The van der Waals surface area contributed by atoms with Crippen molar-refractivity contribution >= 4 is 39.2 Å². The topological polar surface area (TPSA) is 137 Å². The first-order valence-corrected chi connectivity index (χ1v) is 16.6. The van der Waals surface area contributed by atoms with Crippen LogP contribution in [0.15, 0.2) is 113 Å². The Balaban J connectivity index is 1.36. The van der Waals surface area contributed by atoms with Gasteiger partial charge in [-0.15, -0.1) is 0 Å². The highest BCUT2D eigenvalue weighted by Crippen LogP contribution is 2.36. The van der Waals surface area contributed by atoms with Gasteiger partial charge in [-0.2, -0.15) is 0 Å². The number of fused-ring (bicyclic) bond motifs is 2. The average molecular weight is 700 g/mol. The van der Waals surface area contributed by atoms with E-state index in [1.165, 1.54) is 12.4 Å². The zero-order valence-electron chi connectivity index (χ0n) is 28.3. The molecule has 0 saturated heterocycles. The number of para-hydroxylation sites is 1. The molecule has 7 aromatic rings. The molecule has 0 aliphatic rings. The summed E-state index contributed by atoms with van der Waals surface area (Å²) in [6.45, 7) is 5.55. The third-order valence-electron chi connectivity index (χ3n) is 8.74. The average Bonchev–Trinajstić information content (AvgIpc) is 3.14. The van der Waals surface area contributed by atoms with Gasteiger partial charge in [-0.05, 0) is 56.2 Å². The van der Waals surface area contributed by atoms with Crippen molar-refractivity contribution < 1.29 is 9.84 Å². The van der Waals surface area contributed by atoms with Gasteiger partial charge in [-0.1, -0.05) is 60.1 Å². The third kappa shape index (κ3) is 6.33. The van der Waals surface area contributed by atoms with Crippen LogP contribution in [0.2, 0.25) is 5.02 Å². The van der Waals surface area contributed by atoms with E-state index in [0.717, 1.165) is 11.3 Å². The van der Waals surface area contributed by atoms with Crippen molar-refractivity contribution in [1.82, 2.24) is 29.1 Å². The number of pyridine rings is 2. The fourth-order valence-electron chi connectivity index (χ4n) is 6.23. The number of methoxy groups -OCH3 is 1. The number of nitrogens with one attached hydrogen (secondary N) is 1. The van der Waals surface area contributed by atoms with Crippen LogP contribution >= 0.6 is 11.6 Å². The molecule has 4 aromatic heterocycles. The molecule has 51 heavy (non-hydrogen) atoms. The standard InChI is InChI=1S/C39H34ClN7O4/c1-23(45-35-32-30(48)17-18-46(36(32)44-22-43-35)21-24-13-15-27(51-4)16-14-24)34-33(40)29-12-8-11-28(25-19-41-38(42-20-25)39(2,3)50)31(29)37(49)47(34)26-9-6-5-7-10-26/h5-20,22-23,50H,21H2,1-4H3,(H,43,44,45)/t23-/m0/s1. The minimum Gasteiger partial charge on any atom is -0.497 e. The van der Waals surface area contributed by atoms with E-state index >= 15 is 0 Å². The molecule has 256 valence electrons. The van der Waals surface area contributed by atoms with Gasteiger partial charge in [0.05, 0.1) is 29.3 Å². The van der Waals surface area contributed by atoms with E-state index in [2.05, 4.69) is 25.3 Å². The van der Waals surface area contributed by atoms with Crippen LogP contribution in [0, 0.1) is 0 Å². The van der Waals surface area contributed by atoms with Crippen molar-refractivity contribution in [3.05, 3.63) is 146 Å². The van der Waals surface area contributed by atoms with Crippen LogP contribution in [0.4, 0.5) is 5.82 Å². The lowest BCUT2D eigenvalue weighted by molar-refractivity contribution is 0.0687. The number of aliphatic hydroxyl groups is 1. The number of hydrogen-bond donors (Lipinski definition) is 2. The summed E-state index contributed by atoms with van der Waals surface area (Å²) in [5.74, 6) is 1.32. The van der Waals surface area contributed by atoms with Crippen molar-refractivity contribution in [2.75, 3.05) is 12.4 Å². The van der Waals surface area contributed by atoms with Gasteiger partial charge in [0.15, 0.2) is 11.3 Å². The number of anilines is 1. The smallest absolute Gasteiger partial charge is 0.263 e. The summed E-state index contributed by atoms with van der Waals surface area (Å²) >= 11 is 7.29. The molecular weight excluding hydrogens is 666 g/mol. The number of nitrogens with zero attached hydrogens (tertiary/aromatic N) is 6. The van der Waals surface area contributed by atoms with Crippen LogP contribution in [-0.2, 0) is 12.1 Å². The highest BCUT2D eigenvalue weighted by molar-refractivity contribution is 6.36. The number of ether oxygens (including phenoxy) is 1. The summed E-state index contributed by atoms with van der Waals surface area (Å²) in [7, 11) is 1.62. The Labute approximate surface area is 297 Å². The molecule has 0 bridgehead atoms. The molecule has 0 saturated carbocycles. The highest BCUT2D eigenvalue weighted by atomic mass is 35.5. The van der Waals surface area contributed by atoms with Crippen LogP contribution in [-0.4, -0.2) is 41.3 Å². The number of halogens is 1. The maximum absolute atomic E-state index is 14.7. The Morgan fingerprint density at radius 3 is 2.31 bits per heavy atom. The first kappa shape index (κ1) is 33.6. The SMILES string of the molecule is COc1ccc(Cn2ccc(=O)c3c(N[C@@H](C)c4c(Cl)c5cccc(-c6cnc(C(C)(C)O)nc6)c5c(=O)n4-c4ccccc4)ncnc32)cc1. The minimum absolute atomic E-state index is 0.251. The van der Waals surface area contributed by atoms with Gasteiger partial charge in [0, 0.05) is 47.8 Å². The maximum atomic E-state index is 14.7. The van der Waals surface area contributed by atoms with E-state index in [4.69, 9.17) is 16.3 Å². The summed E-state index contributed by atoms with van der Waals surface area (Å²) in [6.07, 6.45) is 6.30. The van der Waals surface area contributed by atoms with Gasteiger partial charge in [-0.25, -0.2) is 19.9 Å². The fraction of sp³-hybridized carbons (Fsp3) is 0.179. The molecule has 3 aromatic carbocycles. The lowest BCUT2D eigenvalue weighted by Gasteiger charge is -2.24. The third-order valence-corrected chi connectivity index (χ3v) is 9.13. The molecule has 0 spiro atoms. The molecule has 0 aliphatic carbocycles. The van der Waals surface area contributed by atoms with Gasteiger partial charge in [-0.3, -0.25) is 14.2 Å². The number of hydrogen-bond acceptors (Lipinski definition) is 9. The van der Waals surface area contributed by atoms with Crippen molar-refractivity contribution in [1.29, 1.82) is 0 Å². The molecule has 0 aliphatic heterocycles. The van der Waals surface area contributed by atoms with E-state index in [-0.39, 0.29) is 16.8 Å². The van der Waals surface area contributed by atoms with Crippen LogP contribution in [0.25, 0.3) is 38.6 Å². The molecule has 7 rings (SSSR count). The lowest BCUT2D eigenvalue weighted by Crippen LogP contribution is -2.27. The molecule has 0 radical (unpaired) electrons. The predicted molar refractivity (Wildman–Crippen MR) is 199 cm³/mol. The molecule has 2 N–H and O–H groups in total. The van der Waals surface area contributed by atoms with E-state index in [9.17, 15) is 14.7 Å². The van der Waals surface area contributed by atoms with Gasteiger partial charge in [0.25, 0.3) is 5.56 Å². The molecule has 12 heteroatoms. The number of rotatable bonds is 9. The van der Waals surface area contributed by atoms with E-state index in [0.29, 0.717) is 61.7 Å². The first-order valence-electron chi connectivity index (χ1n) is 16.3.